The largest absolute Gasteiger partial charge is 0.444 e. The van der Waals surface area contributed by atoms with Crippen molar-refractivity contribution in [3.8, 4) is 11.5 Å². The average molecular weight is 570 g/mol. The van der Waals surface area contributed by atoms with Crippen molar-refractivity contribution < 1.29 is 4.42 Å². The highest BCUT2D eigenvalue weighted by Crippen LogP contribution is 2.19. The molecule has 0 atom stereocenters. The lowest BCUT2D eigenvalue weighted by atomic mass is 10.1. The highest BCUT2D eigenvalue weighted by atomic mass is 127. The van der Waals surface area contributed by atoms with E-state index in [9.17, 15) is 0 Å². The number of aromatic nitrogens is 3. The van der Waals surface area contributed by atoms with E-state index in [0.29, 0.717) is 19.0 Å². The molecular weight excluding hydrogens is 539 g/mol. The van der Waals surface area contributed by atoms with Gasteiger partial charge in [0.25, 0.3) is 0 Å². The molecule has 0 fully saturated rings. The van der Waals surface area contributed by atoms with Gasteiger partial charge in [0.2, 0.25) is 5.89 Å². The predicted molar refractivity (Wildman–Crippen MR) is 146 cm³/mol. The molecule has 4 rings (SSSR count). The van der Waals surface area contributed by atoms with Crippen molar-refractivity contribution in [3.05, 3.63) is 95.6 Å². The maximum atomic E-state index is 5.67. The highest BCUT2D eigenvalue weighted by Gasteiger charge is 2.08. The third-order valence-electron chi connectivity index (χ3n) is 5.29. The average Bonchev–Trinajstić information content (AvgIpc) is 3.51. The number of nitrogens with one attached hydrogen (secondary N) is 2. The van der Waals surface area contributed by atoms with Crippen molar-refractivity contribution in [1.82, 2.24) is 25.4 Å². The first-order chi connectivity index (χ1) is 16.2. The van der Waals surface area contributed by atoms with Crippen LogP contribution < -0.4 is 10.6 Å². The Morgan fingerprint density at radius 1 is 1.03 bits per heavy atom. The summed E-state index contributed by atoms with van der Waals surface area (Å²) in [5, 5.41) is 11.0. The van der Waals surface area contributed by atoms with Gasteiger partial charge in [0.15, 0.2) is 5.96 Å². The number of guanidine groups is 1. The standard InChI is InChI=1S/C26H30N6O.HI/c1-3-27-26(29-17-22-7-4-5-8-23(22)18-32-16-6-14-30-32)28-15-13-24-19-33-25(31-24)21-11-9-20(2)10-12-21;/h4-12,14,16,19H,3,13,15,17-18H2,1-2H3,(H2,27,28,29);1H. The van der Waals surface area contributed by atoms with Crippen LogP contribution in [0.25, 0.3) is 11.5 Å². The highest BCUT2D eigenvalue weighted by molar-refractivity contribution is 14.0. The Hall–Kier alpha value is -3.14. The van der Waals surface area contributed by atoms with Crippen LogP contribution in [0.4, 0.5) is 0 Å². The predicted octanol–water partition coefficient (Wildman–Crippen LogP) is 4.81. The number of nitrogens with zero attached hydrogens (tertiary/aromatic N) is 4. The smallest absolute Gasteiger partial charge is 0.226 e. The summed E-state index contributed by atoms with van der Waals surface area (Å²) in [4.78, 5) is 9.41. The van der Waals surface area contributed by atoms with Crippen LogP contribution in [0.15, 0.2) is 82.7 Å². The normalized spacial score (nSPS) is 11.2. The Labute approximate surface area is 217 Å². The van der Waals surface area contributed by atoms with Crippen LogP contribution in [0.2, 0.25) is 0 Å². The number of aliphatic imine (C=N–C) groups is 1. The van der Waals surface area contributed by atoms with Gasteiger partial charge in [-0.05, 0) is 43.2 Å². The summed E-state index contributed by atoms with van der Waals surface area (Å²) < 4.78 is 7.59. The third kappa shape index (κ3) is 7.18. The summed E-state index contributed by atoms with van der Waals surface area (Å²) in [6, 6.07) is 18.5. The molecule has 7 nitrogen and oxygen atoms in total. The molecule has 0 aliphatic rings. The van der Waals surface area contributed by atoms with Gasteiger partial charge in [0.05, 0.1) is 18.8 Å². The zero-order valence-corrected chi connectivity index (χ0v) is 21.9. The maximum Gasteiger partial charge on any atom is 0.226 e. The molecule has 0 saturated heterocycles. The summed E-state index contributed by atoms with van der Waals surface area (Å²) in [7, 11) is 0. The second-order valence-electron chi connectivity index (χ2n) is 7.85. The minimum Gasteiger partial charge on any atom is -0.444 e. The first-order valence-electron chi connectivity index (χ1n) is 11.3. The Morgan fingerprint density at radius 3 is 2.56 bits per heavy atom. The van der Waals surface area contributed by atoms with Crippen LogP contribution in [0.3, 0.4) is 0 Å². The molecule has 0 unspecified atom stereocenters. The van der Waals surface area contributed by atoms with Crippen molar-refractivity contribution in [1.29, 1.82) is 0 Å². The maximum absolute atomic E-state index is 5.67. The molecule has 4 aromatic rings. The SMILES string of the molecule is CCNC(=NCc1ccccc1Cn1cccn1)NCCc1coc(-c2ccc(C)cc2)n1.I. The molecule has 8 heteroatoms. The topological polar surface area (TPSA) is 80.3 Å². The van der Waals surface area contributed by atoms with E-state index < -0.39 is 0 Å². The van der Waals surface area contributed by atoms with Crippen LogP contribution in [0, 0.1) is 6.92 Å². The van der Waals surface area contributed by atoms with Gasteiger partial charge in [0.1, 0.15) is 6.26 Å². The zero-order chi connectivity index (χ0) is 22.9. The Morgan fingerprint density at radius 2 is 1.82 bits per heavy atom. The number of hydrogen-bond acceptors (Lipinski definition) is 4. The van der Waals surface area contributed by atoms with Crippen LogP contribution >= 0.6 is 24.0 Å². The fraction of sp³-hybridized carbons (Fsp3) is 0.269. The molecule has 0 aliphatic heterocycles. The Bertz CT molecular complexity index is 1170. The Kier molecular flexibility index (Phi) is 9.69. The van der Waals surface area contributed by atoms with E-state index in [2.05, 4.69) is 64.9 Å². The number of rotatable bonds is 9. The number of halogens is 1. The lowest BCUT2D eigenvalue weighted by molar-refractivity contribution is 0.572. The summed E-state index contributed by atoms with van der Waals surface area (Å²) in [6.07, 6.45) is 6.24. The molecular formula is C26H31IN6O. The van der Waals surface area contributed by atoms with E-state index in [4.69, 9.17) is 9.41 Å². The van der Waals surface area contributed by atoms with Gasteiger partial charge >= 0.3 is 0 Å². The monoisotopic (exact) mass is 570 g/mol. The summed E-state index contributed by atoms with van der Waals surface area (Å²) in [5.41, 5.74) is 5.52. The molecule has 178 valence electrons. The first-order valence-corrected chi connectivity index (χ1v) is 11.3. The van der Waals surface area contributed by atoms with Crippen LogP contribution in [0.1, 0.15) is 29.3 Å². The van der Waals surface area contributed by atoms with E-state index in [0.717, 1.165) is 36.7 Å². The molecule has 2 aromatic heterocycles. The van der Waals surface area contributed by atoms with Gasteiger partial charge in [0, 0.05) is 37.5 Å². The van der Waals surface area contributed by atoms with Crippen LogP contribution in [-0.2, 0) is 19.5 Å². The number of aryl methyl sites for hydroxylation is 1. The molecule has 2 heterocycles. The van der Waals surface area contributed by atoms with Gasteiger partial charge in [-0.1, -0.05) is 42.0 Å². The lowest BCUT2D eigenvalue weighted by Crippen LogP contribution is -2.38. The number of oxazole rings is 1. The molecule has 0 saturated carbocycles. The second kappa shape index (κ2) is 12.9. The molecule has 2 aromatic carbocycles. The van der Waals surface area contributed by atoms with E-state index in [-0.39, 0.29) is 24.0 Å². The van der Waals surface area contributed by atoms with Gasteiger partial charge < -0.3 is 15.1 Å². The van der Waals surface area contributed by atoms with Gasteiger partial charge in [-0.25, -0.2) is 9.98 Å². The lowest BCUT2D eigenvalue weighted by Gasteiger charge is -2.12. The van der Waals surface area contributed by atoms with E-state index in [1.807, 2.05) is 35.1 Å². The van der Waals surface area contributed by atoms with Crippen molar-refractivity contribution in [2.75, 3.05) is 13.1 Å². The summed E-state index contributed by atoms with van der Waals surface area (Å²) in [6.45, 7) is 6.96. The third-order valence-corrected chi connectivity index (χ3v) is 5.29. The van der Waals surface area contributed by atoms with Crippen molar-refractivity contribution in [2.45, 2.75) is 33.4 Å². The van der Waals surface area contributed by atoms with Gasteiger partial charge in [-0.3, -0.25) is 4.68 Å². The van der Waals surface area contributed by atoms with Crippen molar-refractivity contribution in [3.63, 3.8) is 0 Å². The molecule has 0 radical (unpaired) electrons. The molecule has 0 spiro atoms. The minimum absolute atomic E-state index is 0. The molecule has 0 amide bonds. The summed E-state index contributed by atoms with van der Waals surface area (Å²) in [5.74, 6) is 1.44. The second-order valence-corrected chi connectivity index (χ2v) is 7.85. The zero-order valence-electron chi connectivity index (χ0n) is 19.6. The van der Waals surface area contributed by atoms with Crippen molar-refractivity contribution in [2.24, 2.45) is 4.99 Å². The van der Waals surface area contributed by atoms with Crippen LogP contribution in [-0.4, -0.2) is 33.8 Å². The van der Waals surface area contributed by atoms with E-state index in [1.165, 1.54) is 16.7 Å². The van der Waals surface area contributed by atoms with Gasteiger partial charge in [-0.2, -0.15) is 5.10 Å². The molecule has 0 bridgehead atoms. The number of hydrogen-bond donors (Lipinski definition) is 2. The fourth-order valence-electron chi connectivity index (χ4n) is 3.50. The van der Waals surface area contributed by atoms with Gasteiger partial charge in [-0.15, -0.1) is 24.0 Å². The summed E-state index contributed by atoms with van der Waals surface area (Å²) >= 11 is 0. The van der Waals surface area contributed by atoms with E-state index >= 15 is 0 Å². The first kappa shape index (κ1) is 25.5. The fourth-order valence-corrected chi connectivity index (χ4v) is 3.50. The Balaban J connectivity index is 0.00000324. The molecule has 0 aliphatic carbocycles. The minimum atomic E-state index is 0. The van der Waals surface area contributed by atoms with E-state index in [1.54, 1.807) is 12.5 Å². The molecule has 34 heavy (non-hydrogen) atoms. The number of benzene rings is 2. The molecule has 2 N–H and O–H groups in total. The quantitative estimate of drug-likeness (QED) is 0.172. The van der Waals surface area contributed by atoms with Crippen LogP contribution in [0.5, 0.6) is 0 Å². The van der Waals surface area contributed by atoms with Crippen molar-refractivity contribution >= 4 is 29.9 Å².